The summed E-state index contributed by atoms with van der Waals surface area (Å²) in [5.41, 5.74) is 0.233. The first-order chi connectivity index (χ1) is 11.6. The lowest BCUT2D eigenvalue weighted by Crippen LogP contribution is -2.44. The number of benzene rings is 1. The van der Waals surface area contributed by atoms with Crippen LogP contribution in [0.25, 0.3) is 0 Å². The van der Waals surface area contributed by atoms with Crippen LogP contribution in [0.15, 0.2) is 29.2 Å². The average Bonchev–Trinajstić information content (AvgIpc) is 3.37. The minimum absolute atomic E-state index is 0.0513. The number of nitrogens with one attached hydrogen (secondary N) is 1. The highest BCUT2D eigenvalue weighted by molar-refractivity contribution is 7.91. The van der Waals surface area contributed by atoms with Gasteiger partial charge in [-0.3, -0.25) is 14.5 Å². The number of carboxylic acids is 1. The van der Waals surface area contributed by atoms with Gasteiger partial charge in [-0.25, -0.2) is 8.42 Å². The zero-order valence-electron chi connectivity index (χ0n) is 13.4. The van der Waals surface area contributed by atoms with Gasteiger partial charge < -0.3 is 10.4 Å². The SMILES string of the molecule is CC(C(=O)O)N(CC(=O)Nc1ccc(S(=O)(=O)C(F)F)cc1)C1CC1. The van der Waals surface area contributed by atoms with E-state index in [1.54, 1.807) is 4.90 Å². The number of carbonyl (C=O) groups excluding carboxylic acids is 1. The van der Waals surface area contributed by atoms with Gasteiger partial charge in [-0.1, -0.05) is 0 Å². The Morgan fingerprint density at radius 2 is 1.84 bits per heavy atom. The van der Waals surface area contributed by atoms with Crippen molar-refractivity contribution in [2.45, 2.75) is 42.5 Å². The van der Waals surface area contributed by atoms with Crippen molar-refractivity contribution < 1.29 is 31.9 Å². The Morgan fingerprint density at radius 3 is 2.28 bits per heavy atom. The van der Waals surface area contributed by atoms with Gasteiger partial charge in [0.25, 0.3) is 0 Å². The predicted molar refractivity (Wildman–Crippen MR) is 85.1 cm³/mol. The standard InChI is InChI=1S/C15H18F2N2O5S/c1-9(14(21)22)19(11-4-5-11)8-13(20)18-10-2-6-12(7-3-10)25(23,24)15(16)17/h2-3,6-7,9,11,15H,4-5,8H2,1H3,(H,18,20)(H,21,22). The van der Waals surface area contributed by atoms with Crippen molar-refractivity contribution in [2.75, 3.05) is 11.9 Å². The molecule has 0 radical (unpaired) electrons. The molecule has 1 saturated carbocycles. The Labute approximate surface area is 143 Å². The van der Waals surface area contributed by atoms with Crippen LogP contribution in [0.4, 0.5) is 14.5 Å². The van der Waals surface area contributed by atoms with E-state index in [4.69, 9.17) is 5.11 Å². The third kappa shape index (κ3) is 4.73. The van der Waals surface area contributed by atoms with Gasteiger partial charge in [0, 0.05) is 11.7 Å². The summed E-state index contributed by atoms with van der Waals surface area (Å²) in [6.45, 7) is 1.37. The summed E-state index contributed by atoms with van der Waals surface area (Å²) >= 11 is 0. The number of amides is 1. The molecule has 25 heavy (non-hydrogen) atoms. The molecule has 0 aliphatic heterocycles. The fourth-order valence-corrected chi connectivity index (χ4v) is 3.05. The highest BCUT2D eigenvalue weighted by Crippen LogP contribution is 2.28. The Balaban J connectivity index is 2.02. The highest BCUT2D eigenvalue weighted by Gasteiger charge is 2.36. The first kappa shape index (κ1) is 19.3. The summed E-state index contributed by atoms with van der Waals surface area (Å²) in [7, 11) is -4.68. The predicted octanol–water partition coefficient (Wildman–Crippen LogP) is 1.56. The second kappa shape index (κ2) is 7.44. The lowest BCUT2D eigenvalue weighted by atomic mass is 10.2. The Hall–Kier alpha value is -2.07. The van der Waals surface area contributed by atoms with Gasteiger partial charge in [0.15, 0.2) is 0 Å². The minimum atomic E-state index is -4.68. The summed E-state index contributed by atoms with van der Waals surface area (Å²) < 4.78 is 47.6. The van der Waals surface area contributed by atoms with Crippen LogP contribution >= 0.6 is 0 Å². The molecule has 7 nitrogen and oxygen atoms in total. The molecule has 1 unspecified atom stereocenters. The maximum Gasteiger partial charge on any atom is 0.341 e. The first-order valence-electron chi connectivity index (χ1n) is 7.53. The number of carboxylic acid groups (broad SMARTS) is 1. The number of alkyl halides is 2. The van der Waals surface area contributed by atoms with E-state index in [2.05, 4.69) is 5.32 Å². The molecule has 0 saturated heterocycles. The van der Waals surface area contributed by atoms with Crippen LogP contribution in [-0.2, 0) is 19.4 Å². The fraction of sp³-hybridized carbons (Fsp3) is 0.467. The molecule has 1 atom stereocenters. The van der Waals surface area contributed by atoms with Crippen LogP contribution in [0.5, 0.6) is 0 Å². The van der Waals surface area contributed by atoms with Gasteiger partial charge in [-0.2, -0.15) is 8.78 Å². The molecular formula is C15H18F2N2O5S. The highest BCUT2D eigenvalue weighted by atomic mass is 32.2. The number of anilines is 1. The first-order valence-corrected chi connectivity index (χ1v) is 9.08. The normalized spacial score (nSPS) is 16.0. The van der Waals surface area contributed by atoms with E-state index in [-0.39, 0.29) is 18.3 Å². The number of aliphatic carboxylic acids is 1. The Kier molecular flexibility index (Phi) is 5.73. The van der Waals surface area contributed by atoms with Crippen molar-refractivity contribution in [1.82, 2.24) is 4.90 Å². The van der Waals surface area contributed by atoms with Crippen molar-refractivity contribution in [3.05, 3.63) is 24.3 Å². The summed E-state index contributed by atoms with van der Waals surface area (Å²) in [5.74, 6) is -5.01. The van der Waals surface area contributed by atoms with Gasteiger partial charge in [-0.15, -0.1) is 0 Å². The number of carbonyl (C=O) groups is 2. The number of hydrogen-bond donors (Lipinski definition) is 2. The van der Waals surface area contributed by atoms with Gasteiger partial charge in [0.1, 0.15) is 6.04 Å². The molecule has 1 amide bonds. The second-order valence-corrected chi connectivity index (χ2v) is 7.71. The molecule has 2 N–H and O–H groups in total. The van der Waals surface area contributed by atoms with E-state index in [1.807, 2.05) is 0 Å². The molecule has 1 aliphatic rings. The summed E-state index contributed by atoms with van der Waals surface area (Å²) in [6.07, 6.45) is 1.65. The van der Waals surface area contributed by atoms with Crippen LogP contribution in [0.3, 0.4) is 0 Å². The molecule has 1 fully saturated rings. The maximum atomic E-state index is 12.5. The number of sulfone groups is 1. The molecule has 1 aromatic rings. The van der Waals surface area contributed by atoms with Crippen molar-refractivity contribution in [2.24, 2.45) is 0 Å². The number of nitrogens with zero attached hydrogens (tertiary/aromatic N) is 1. The Morgan fingerprint density at radius 1 is 1.28 bits per heavy atom. The van der Waals surface area contributed by atoms with Crippen LogP contribution in [0, 0.1) is 0 Å². The number of hydrogen-bond acceptors (Lipinski definition) is 5. The minimum Gasteiger partial charge on any atom is -0.480 e. The quantitative estimate of drug-likeness (QED) is 0.714. The van der Waals surface area contributed by atoms with E-state index >= 15 is 0 Å². The molecule has 0 bridgehead atoms. The van der Waals surface area contributed by atoms with Crippen LogP contribution in [-0.4, -0.2) is 54.7 Å². The third-order valence-corrected chi connectivity index (χ3v) is 5.30. The molecule has 10 heteroatoms. The smallest absolute Gasteiger partial charge is 0.341 e. The average molecular weight is 376 g/mol. The van der Waals surface area contributed by atoms with Gasteiger partial charge >= 0.3 is 11.7 Å². The second-order valence-electron chi connectivity index (χ2n) is 5.80. The molecule has 2 rings (SSSR count). The molecular weight excluding hydrogens is 358 g/mol. The van der Waals surface area contributed by atoms with Crippen molar-refractivity contribution >= 4 is 27.4 Å². The molecule has 1 aliphatic carbocycles. The van der Waals surface area contributed by atoms with E-state index in [0.717, 1.165) is 25.0 Å². The van der Waals surface area contributed by atoms with Gasteiger partial charge in [0.05, 0.1) is 11.4 Å². The van der Waals surface area contributed by atoms with E-state index in [1.165, 1.54) is 19.1 Å². The van der Waals surface area contributed by atoms with Crippen LogP contribution in [0.2, 0.25) is 0 Å². The van der Waals surface area contributed by atoms with E-state index in [0.29, 0.717) is 0 Å². The zero-order valence-corrected chi connectivity index (χ0v) is 14.2. The number of halogens is 2. The molecule has 138 valence electrons. The van der Waals surface area contributed by atoms with E-state index < -0.39 is 38.4 Å². The largest absolute Gasteiger partial charge is 0.480 e. The summed E-state index contributed by atoms with van der Waals surface area (Å²) in [5, 5.41) is 11.6. The topological polar surface area (TPSA) is 104 Å². The summed E-state index contributed by atoms with van der Waals surface area (Å²) in [6, 6.07) is 3.61. The fourth-order valence-electron chi connectivity index (χ4n) is 2.33. The van der Waals surface area contributed by atoms with E-state index in [9.17, 15) is 26.8 Å². The molecule has 0 heterocycles. The van der Waals surface area contributed by atoms with Crippen molar-refractivity contribution in [1.29, 1.82) is 0 Å². The maximum absolute atomic E-state index is 12.5. The monoisotopic (exact) mass is 376 g/mol. The molecule has 0 aromatic heterocycles. The van der Waals surface area contributed by atoms with Crippen LogP contribution < -0.4 is 5.32 Å². The molecule has 0 spiro atoms. The third-order valence-electron chi connectivity index (χ3n) is 3.90. The zero-order chi connectivity index (χ0) is 18.8. The lowest BCUT2D eigenvalue weighted by molar-refractivity contribution is -0.143. The van der Waals surface area contributed by atoms with Crippen molar-refractivity contribution in [3.8, 4) is 0 Å². The van der Waals surface area contributed by atoms with Crippen molar-refractivity contribution in [3.63, 3.8) is 0 Å². The Bertz CT molecular complexity index is 748. The van der Waals surface area contributed by atoms with Crippen LogP contribution in [0.1, 0.15) is 19.8 Å². The van der Waals surface area contributed by atoms with Gasteiger partial charge in [-0.05, 0) is 44.0 Å². The number of rotatable bonds is 8. The lowest BCUT2D eigenvalue weighted by Gasteiger charge is -2.25. The summed E-state index contributed by atoms with van der Waals surface area (Å²) in [4.78, 5) is 24.2. The molecule has 1 aromatic carbocycles. The van der Waals surface area contributed by atoms with Gasteiger partial charge in [0.2, 0.25) is 15.7 Å².